The number of amides is 1. The molecule has 142 valence electrons. The van der Waals surface area contributed by atoms with E-state index in [0.29, 0.717) is 28.8 Å². The Morgan fingerprint density at radius 2 is 1.96 bits per heavy atom. The molecule has 0 saturated heterocycles. The van der Waals surface area contributed by atoms with E-state index >= 15 is 0 Å². The predicted octanol–water partition coefficient (Wildman–Crippen LogP) is 3.04. The smallest absolute Gasteiger partial charge is 0.248 e. The minimum Gasteiger partial charge on any atom is -0.496 e. The first kappa shape index (κ1) is 17.8. The fourth-order valence-corrected chi connectivity index (χ4v) is 3.56. The topological polar surface area (TPSA) is 95.1 Å². The monoisotopic (exact) mass is 375 g/mol. The van der Waals surface area contributed by atoms with Crippen LogP contribution in [0.4, 0.5) is 5.95 Å². The van der Waals surface area contributed by atoms with Gasteiger partial charge in [-0.2, -0.15) is 4.98 Å². The zero-order chi connectivity index (χ0) is 19.8. The van der Waals surface area contributed by atoms with Crippen molar-refractivity contribution in [2.24, 2.45) is 5.73 Å². The normalized spacial score (nSPS) is 15.8. The molecule has 7 nitrogen and oxygen atoms in total. The van der Waals surface area contributed by atoms with Gasteiger partial charge in [0.2, 0.25) is 11.9 Å². The van der Waals surface area contributed by atoms with Crippen LogP contribution in [-0.2, 0) is 4.79 Å². The summed E-state index contributed by atoms with van der Waals surface area (Å²) in [6, 6.07) is 15.1. The lowest BCUT2D eigenvalue weighted by Gasteiger charge is -2.27. The van der Waals surface area contributed by atoms with Gasteiger partial charge in [-0.3, -0.25) is 4.79 Å². The van der Waals surface area contributed by atoms with Crippen molar-refractivity contribution in [1.82, 2.24) is 14.8 Å². The number of ether oxygens (including phenoxy) is 1. The van der Waals surface area contributed by atoms with Crippen molar-refractivity contribution in [3.05, 3.63) is 70.9 Å². The van der Waals surface area contributed by atoms with E-state index in [-0.39, 0.29) is 0 Å². The number of carbonyl (C=O) groups excluding carboxylic acids is 1. The molecule has 4 rings (SSSR count). The second kappa shape index (κ2) is 6.84. The fraction of sp³-hybridized carbons (Fsp3) is 0.190. The molecular formula is C21H21N5O2. The average Bonchev–Trinajstić information content (AvgIpc) is 3.09. The van der Waals surface area contributed by atoms with Crippen LogP contribution in [0.15, 0.2) is 59.8 Å². The Morgan fingerprint density at radius 1 is 1.18 bits per heavy atom. The summed E-state index contributed by atoms with van der Waals surface area (Å²) in [5.41, 5.74) is 9.65. The Hall–Kier alpha value is -3.61. The highest BCUT2D eigenvalue weighted by Gasteiger charge is 2.33. The molecule has 3 N–H and O–H groups in total. The molecule has 0 fully saturated rings. The highest BCUT2D eigenvalue weighted by molar-refractivity contribution is 5.95. The van der Waals surface area contributed by atoms with Crippen LogP contribution in [0.5, 0.6) is 5.75 Å². The third-order valence-corrected chi connectivity index (χ3v) is 4.82. The Labute approximate surface area is 162 Å². The van der Waals surface area contributed by atoms with Gasteiger partial charge in [-0.15, -0.1) is 5.10 Å². The van der Waals surface area contributed by atoms with Gasteiger partial charge in [0.15, 0.2) is 5.82 Å². The number of nitrogens with zero attached hydrogens (tertiary/aromatic N) is 3. The molecule has 28 heavy (non-hydrogen) atoms. The van der Waals surface area contributed by atoms with Gasteiger partial charge in [-0.05, 0) is 31.5 Å². The maximum Gasteiger partial charge on any atom is 0.248 e. The van der Waals surface area contributed by atoms with E-state index in [4.69, 9.17) is 15.6 Å². The van der Waals surface area contributed by atoms with Gasteiger partial charge >= 0.3 is 0 Å². The Kier molecular flexibility index (Phi) is 4.35. The number of anilines is 1. The van der Waals surface area contributed by atoms with Crippen LogP contribution >= 0.6 is 0 Å². The first-order chi connectivity index (χ1) is 13.5. The zero-order valence-electron chi connectivity index (χ0n) is 15.9. The molecule has 1 amide bonds. The number of carbonyl (C=O) groups is 1. The molecule has 0 spiro atoms. The Balaban J connectivity index is 1.91. The zero-order valence-corrected chi connectivity index (χ0v) is 15.9. The summed E-state index contributed by atoms with van der Waals surface area (Å²) in [6.07, 6.45) is 0. The lowest BCUT2D eigenvalue weighted by molar-refractivity contribution is -0.115. The van der Waals surface area contributed by atoms with E-state index in [9.17, 15) is 4.79 Å². The van der Waals surface area contributed by atoms with E-state index in [1.165, 1.54) is 0 Å². The minimum absolute atomic E-state index is 0.454. The molecule has 1 aromatic heterocycles. The second-order valence-corrected chi connectivity index (χ2v) is 6.75. The van der Waals surface area contributed by atoms with Crippen molar-refractivity contribution < 1.29 is 9.53 Å². The van der Waals surface area contributed by atoms with E-state index in [0.717, 1.165) is 16.7 Å². The maximum absolute atomic E-state index is 12.3. The molecule has 3 aromatic rings. The standard InChI is InChI=1S/C21H21N5O2/c1-12-7-6-8-14(11-12)18-17(19(22)27)13(2)23-21-24-20(25-26(18)21)15-9-4-5-10-16(15)28-3/h4-11,18H,1-3H3,(H2,22,27)(H,23,24,25). The van der Waals surface area contributed by atoms with Crippen molar-refractivity contribution in [2.45, 2.75) is 19.9 Å². The first-order valence-electron chi connectivity index (χ1n) is 8.93. The van der Waals surface area contributed by atoms with Crippen molar-refractivity contribution >= 4 is 11.9 Å². The van der Waals surface area contributed by atoms with Gasteiger partial charge in [0.05, 0.1) is 18.2 Å². The lowest BCUT2D eigenvalue weighted by atomic mass is 9.94. The molecule has 0 radical (unpaired) electrons. The van der Waals surface area contributed by atoms with Gasteiger partial charge in [0.25, 0.3) is 0 Å². The SMILES string of the molecule is COc1ccccc1-c1nc2n(n1)C(c1cccc(C)c1)C(C(N)=O)=C(C)N2. The number of nitrogens with two attached hydrogens (primary N) is 1. The third-order valence-electron chi connectivity index (χ3n) is 4.82. The van der Waals surface area contributed by atoms with Crippen molar-refractivity contribution in [3.8, 4) is 17.1 Å². The number of allylic oxidation sites excluding steroid dienone is 1. The number of rotatable bonds is 4. The quantitative estimate of drug-likeness (QED) is 0.731. The van der Waals surface area contributed by atoms with Gasteiger partial charge in [-0.25, -0.2) is 4.68 Å². The van der Waals surface area contributed by atoms with Crippen LogP contribution in [0, 0.1) is 6.92 Å². The van der Waals surface area contributed by atoms with Gasteiger partial charge in [0.1, 0.15) is 11.8 Å². The Bertz CT molecular complexity index is 1100. The van der Waals surface area contributed by atoms with Crippen molar-refractivity contribution in [1.29, 1.82) is 0 Å². The number of para-hydroxylation sites is 1. The van der Waals surface area contributed by atoms with Crippen LogP contribution in [-0.4, -0.2) is 27.8 Å². The molecule has 7 heteroatoms. The molecule has 2 aromatic carbocycles. The second-order valence-electron chi connectivity index (χ2n) is 6.75. The summed E-state index contributed by atoms with van der Waals surface area (Å²) in [5.74, 6) is 1.25. The van der Waals surface area contributed by atoms with E-state index in [2.05, 4.69) is 10.3 Å². The maximum atomic E-state index is 12.3. The van der Waals surface area contributed by atoms with Crippen LogP contribution in [0.2, 0.25) is 0 Å². The Morgan fingerprint density at radius 3 is 2.68 bits per heavy atom. The van der Waals surface area contributed by atoms with Gasteiger partial charge in [0, 0.05) is 5.70 Å². The molecule has 0 aliphatic carbocycles. The third kappa shape index (κ3) is 2.90. The van der Waals surface area contributed by atoms with E-state index < -0.39 is 11.9 Å². The molecule has 1 atom stereocenters. The van der Waals surface area contributed by atoms with Crippen LogP contribution in [0.1, 0.15) is 24.1 Å². The van der Waals surface area contributed by atoms with E-state index in [1.54, 1.807) is 11.8 Å². The van der Waals surface area contributed by atoms with Crippen molar-refractivity contribution in [3.63, 3.8) is 0 Å². The number of primary amides is 1. The number of fused-ring (bicyclic) bond motifs is 1. The molecule has 0 saturated carbocycles. The highest BCUT2D eigenvalue weighted by atomic mass is 16.5. The van der Waals surface area contributed by atoms with Gasteiger partial charge < -0.3 is 15.8 Å². The van der Waals surface area contributed by atoms with Crippen molar-refractivity contribution in [2.75, 3.05) is 12.4 Å². The van der Waals surface area contributed by atoms with Crippen LogP contribution in [0.3, 0.4) is 0 Å². The molecular weight excluding hydrogens is 354 g/mol. The molecule has 1 aliphatic rings. The fourth-order valence-electron chi connectivity index (χ4n) is 3.56. The molecule has 1 aliphatic heterocycles. The predicted molar refractivity (Wildman–Crippen MR) is 107 cm³/mol. The average molecular weight is 375 g/mol. The molecule has 2 heterocycles. The number of hydrogen-bond donors (Lipinski definition) is 2. The van der Waals surface area contributed by atoms with Crippen LogP contribution < -0.4 is 15.8 Å². The number of aromatic nitrogens is 3. The highest BCUT2D eigenvalue weighted by Crippen LogP contribution is 2.37. The number of nitrogens with one attached hydrogen (secondary N) is 1. The van der Waals surface area contributed by atoms with Crippen LogP contribution in [0.25, 0.3) is 11.4 Å². The minimum atomic E-state index is -0.489. The number of methoxy groups -OCH3 is 1. The molecule has 1 unspecified atom stereocenters. The lowest BCUT2D eigenvalue weighted by Crippen LogP contribution is -2.31. The van der Waals surface area contributed by atoms with E-state index in [1.807, 2.05) is 62.4 Å². The van der Waals surface area contributed by atoms with Gasteiger partial charge in [-0.1, -0.05) is 42.0 Å². The summed E-state index contributed by atoms with van der Waals surface area (Å²) in [5, 5.41) is 7.87. The summed E-state index contributed by atoms with van der Waals surface area (Å²) in [6.45, 7) is 3.83. The number of benzene rings is 2. The summed E-state index contributed by atoms with van der Waals surface area (Å²) in [4.78, 5) is 16.9. The largest absolute Gasteiger partial charge is 0.496 e. The summed E-state index contributed by atoms with van der Waals surface area (Å²) < 4.78 is 7.16. The summed E-state index contributed by atoms with van der Waals surface area (Å²) >= 11 is 0. The first-order valence-corrected chi connectivity index (χ1v) is 8.93. The molecule has 0 bridgehead atoms. The number of aryl methyl sites for hydroxylation is 1. The summed E-state index contributed by atoms with van der Waals surface area (Å²) in [7, 11) is 1.61. The number of hydrogen-bond acceptors (Lipinski definition) is 5.